The summed E-state index contributed by atoms with van der Waals surface area (Å²) in [6.07, 6.45) is 4.65. The molecule has 34 heavy (non-hydrogen) atoms. The van der Waals surface area contributed by atoms with Gasteiger partial charge < -0.3 is 21.6 Å². The predicted molar refractivity (Wildman–Crippen MR) is 132 cm³/mol. The summed E-state index contributed by atoms with van der Waals surface area (Å²) in [7, 11) is 1.24. The maximum Gasteiger partial charge on any atom is 0.202 e. The molecule has 3 aromatic rings. The first-order valence-electron chi connectivity index (χ1n) is 10.8. The van der Waals surface area contributed by atoms with Crippen molar-refractivity contribution in [2.45, 2.75) is 32.2 Å². The highest BCUT2D eigenvalue weighted by molar-refractivity contribution is 7.15. The van der Waals surface area contributed by atoms with Crippen LogP contribution in [0.2, 0.25) is 0 Å². The molecule has 4 rings (SSSR count). The largest absolute Gasteiger partial charge is 0.494 e. The van der Waals surface area contributed by atoms with Gasteiger partial charge in [0.1, 0.15) is 5.82 Å². The zero-order valence-electron chi connectivity index (χ0n) is 18.9. The molecule has 0 aliphatic carbocycles. The maximum atomic E-state index is 14.7. The van der Waals surface area contributed by atoms with E-state index in [2.05, 4.69) is 28.4 Å². The van der Waals surface area contributed by atoms with Crippen molar-refractivity contribution >= 4 is 28.7 Å². The van der Waals surface area contributed by atoms with E-state index in [0.717, 1.165) is 41.3 Å². The first-order chi connectivity index (χ1) is 16.4. The van der Waals surface area contributed by atoms with E-state index in [4.69, 9.17) is 22.2 Å². The molecule has 180 valence electrons. The van der Waals surface area contributed by atoms with Crippen molar-refractivity contribution in [1.29, 1.82) is 0 Å². The molecule has 0 radical (unpaired) electrons. The molecule has 0 saturated heterocycles. The van der Waals surface area contributed by atoms with Crippen molar-refractivity contribution < 1.29 is 13.5 Å². The molecule has 0 fully saturated rings. The molecule has 0 bridgehead atoms. The number of hydrogen-bond acceptors (Lipinski definition) is 8. The SMILES string of the molecule is CCC1Cc2sc(-c3cnc(N)c(/C(=N/N)N(N)c4ccc(OC)c(F)c4F)c3)cc2CCN1. The van der Waals surface area contributed by atoms with Crippen LogP contribution in [0.5, 0.6) is 5.75 Å². The van der Waals surface area contributed by atoms with Gasteiger partial charge in [-0.25, -0.2) is 15.2 Å². The Morgan fingerprint density at radius 2 is 2.12 bits per heavy atom. The van der Waals surface area contributed by atoms with E-state index in [0.29, 0.717) is 11.6 Å². The van der Waals surface area contributed by atoms with Crippen LogP contribution in [0, 0.1) is 11.6 Å². The van der Waals surface area contributed by atoms with Gasteiger partial charge in [0.2, 0.25) is 5.82 Å². The van der Waals surface area contributed by atoms with Crippen molar-refractivity contribution in [2.24, 2.45) is 16.8 Å². The molecular weight excluding hydrogens is 460 g/mol. The predicted octanol–water partition coefficient (Wildman–Crippen LogP) is 3.15. The number of hydrazone groups is 1. The van der Waals surface area contributed by atoms with Crippen LogP contribution < -0.4 is 32.5 Å². The Morgan fingerprint density at radius 3 is 2.82 bits per heavy atom. The number of hydrazine groups is 1. The normalized spacial score (nSPS) is 16.1. The summed E-state index contributed by atoms with van der Waals surface area (Å²) in [6.45, 7) is 3.11. The Labute approximate surface area is 200 Å². The average molecular weight is 488 g/mol. The molecule has 0 amide bonds. The zero-order chi connectivity index (χ0) is 24.4. The van der Waals surface area contributed by atoms with E-state index in [1.165, 1.54) is 29.7 Å². The molecule has 2 aromatic heterocycles. The summed E-state index contributed by atoms with van der Waals surface area (Å²) in [6, 6.07) is 6.90. The van der Waals surface area contributed by atoms with Crippen LogP contribution in [0.3, 0.4) is 0 Å². The Kier molecular flexibility index (Phi) is 6.96. The van der Waals surface area contributed by atoms with Gasteiger partial charge in [0.15, 0.2) is 17.4 Å². The van der Waals surface area contributed by atoms with Gasteiger partial charge in [-0.3, -0.25) is 5.01 Å². The van der Waals surface area contributed by atoms with E-state index < -0.39 is 11.6 Å². The summed E-state index contributed by atoms with van der Waals surface area (Å²) in [4.78, 5) is 6.66. The molecule has 8 nitrogen and oxygen atoms in total. The van der Waals surface area contributed by atoms with E-state index in [-0.39, 0.29) is 23.1 Å². The number of aromatic nitrogens is 1. The van der Waals surface area contributed by atoms with E-state index >= 15 is 0 Å². The van der Waals surface area contributed by atoms with E-state index in [1.807, 2.05) is 0 Å². The third kappa shape index (κ3) is 4.41. The number of anilines is 2. The van der Waals surface area contributed by atoms with Crippen molar-refractivity contribution in [1.82, 2.24) is 10.3 Å². The molecule has 1 aliphatic heterocycles. The molecule has 1 aliphatic rings. The number of fused-ring (bicyclic) bond motifs is 1. The molecule has 1 aromatic carbocycles. The number of nitrogens with zero attached hydrogens (tertiary/aromatic N) is 3. The molecule has 1 atom stereocenters. The molecule has 0 spiro atoms. The minimum absolute atomic E-state index is 0.0660. The second-order valence-corrected chi connectivity index (χ2v) is 9.10. The third-order valence-electron chi connectivity index (χ3n) is 5.95. The Bertz CT molecular complexity index is 1230. The minimum atomic E-state index is -1.20. The number of nitrogen functional groups attached to an aromatic ring is 1. The Balaban J connectivity index is 1.70. The summed E-state index contributed by atoms with van der Waals surface area (Å²) in [5.41, 5.74) is 8.24. The number of rotatable bonds is 5. The van der Waals surface area contributed by atoms with Crippen LogP contribution in [0.4, 0.5) is 20.3 Å². The van der Waals surface area contributed by atoms with Crippen LogP contribution in [-0.2, 0) is 12.8 Å². The van der Waals surface area contributed by atoms with Crippen LogP contribution in [0.1, 0.15) is 29.3 Å². The highest BCUT2D eigenvalue weighted by Gasteiger charge is 2.24. The lowest BCUT2D eigenvalue weighted by atomic mass is 10.1. The second-order valence-electron chi connectivity index (χ2n) is 7.97. The monoisotopic (exact) mass is 487 g/mol. The number of hydrogen-bond donors (Lipinski definition) is 4. The summed E-state index contributed by atoms with van der Waals surface area (Å²) < 4.78 is 33.7. The average Bonchev–Trinajstić information content (AvgIpc) is 3.13. The topological polar surface area (TPSA) is 128 Å². The third-order valence-corrected chi connectivity index (χ3v) is 7.20. The fourth-order valence-electron chi connectivity index (χ4n) is 4.02. The maximum absolute atomic E-state index is 14.7. The van der Waals surface area contributed by atoms with Gasteiger partial charge in [0.05, 0.1) is 18.4 Å². The fourth-order valence-corrected chi connectivity index (χ4v) is 5.29. The first kappa shape index (κ1) is 23.9. The van der Waals surface area contributed by atoms with Gasteiger partial charge in [-0.15, -0.1) is 11.3 Å². The van der Waals surface area contributed by atoms with Gasteiger partial charge in [0.25, 0.3) is 0 Å². The standard InChI is InChI=1S/C23H27F2N7OS/c1-3-14-10-19-12(6-7-29-14)9-18(34-19)13-8-15(22(26)30-11-13)23(31-27)32(28)16-4-5-17(33-2)21(25)20(16)24/h4-5,8-9,11,14,29H,3,6-7,10,27-28H2,1-2H3,(H2,26,30)/b31-23-. The van der Waals surface area contributed by atoms with Crippen LogP contribution in [-0.4, -0.2) is 30.5 Å². The van der Waals surface area contributed by atoms with Crippen LogP contribution >= 0.6 is 11.3 Å². The molecule has 0 saturated carbocycles. The number of nitrogens with two attached hydrogens (primary N) is 3. The van der Waals surface area contributed by atoms with Gasteiger partial charge in [-0.2, -0.15) is 9.49 Å². The van der Waals surface area contributed by atoms with E-state index in [9.17, 15) is 8.78 Å². The lowest BCUT2D eigenvalue weighted by Gasteiger charge is -2.22. The summed E-state index contributed by atoms with van der Waals surface area (Å²) in [5, 5.41) is 8.13. The smallest absolute Gasteiger partial charge is 0.202 e. The van der Waals surface area contributed by atoms with Gasteiger partial charge in [-0.05, 0) is 55.6 Å². The lowest BCUT2D eigenvalue weighted by Crippen LogP contribution is -2.40. The number of methoxy groups -OCH3 is 1. The highest BCUT2D eigenvalue weighted by Crippen LogP contribution is 2.35. The van der Waals surface area contributed by atoms with Gasteiger partial charge in [-0.1, -0.05) is 6.92 Å². The van der Waals surface area contributed by atoms with Crippen molar-refractivity contribution in [3.8, 4) is 16.2 Å². The van der Waals surface area contributed by atoms with Crippen LogP contribution in [0.25, 0.3) is 10.4 Å². The van der Waals surface area contributed by atoms with Crippen molar-refractivity contribution in [3.63, 3.8) is 0 Å². The summed E-state index contributed by atoms with van der Waals surface area (Å²) in [5.74, 6) is 9.14. The number of benzene rings is 1. The quantitative estimate of drug-likeness (QED) is 0.188. The number of nitrogens with one attached hydrogen (secondary N) is 1. The number of amidine groups is 1. The fraction of sp³-hybridized carbons (Fsp3) is 0.304. The lowest BCUT2D eigenvalue weighted by molar-refractivity contribution is 0.372. The Morgan fingerprint density at radius 1 is 1.32 bits per heavy atom. The first-order valence-corrected chi connectivity index (χ1v) is 11.6. The molecule has 1 unspecified atom stereocenters. The zero-order valence-corrected chi connectivity index (χ0v) is 19.8. The van der Waals surface area contributed by atoms with Crippen molar-refractivity contribution in [3.05, 3.63) is 58.1 Å². The van der Waals surface area contributed by atoms with Gasteiger partial charge >= 0.3 is 0 Å². The number of ether oxygens (including phenoxy) is 1. The minimum Gasteiger partial charge on any atom is -0.494 e. The molecular formula is C23H27F2N7OS. The Hall–Kier alpha value is -3.28. The summed E-state index contributed by atoms with van der Waals surface area (Å²) >= 11 is 1.71. The van der Waals surface area contributed by atoms with Gasteiger partial charge in [0, 0.05) is 27.6 Å². The van der Waals surface area contributed by atoms with Crippen molar-refractivity contribution in [2.75, 3.05) is 24.4 Å². The molecule has 7 N–H and O–H groups in total. The molecule has 3 heterocycles. The second kappa shape index (κ2) is 9.92. The highest BCUT2D eigenvalue weighted by atomic mass is 32.1. The van der Waals surface area contributed by atoms with Crippen LogP contribution in [0.15, 0.2) is 35.6 Å². The number of pyridine rings is 1. The number of halogens is 2. The number of thiophene rings is 1. The van der Waals surface area contributed by atoms with E-state index in [1.54, 1.807) is 23.6 Å². The molecule has 11 heteroatoms.